The zero-order valence-corrected chi connectivity index (χ0v) is 33.1. The Morgan fingerprint density at radius 1 is 0.569 bits per heavy atom. The molecule has 10 nitrogen and oxygen atoms in total. The summed E-state index contributed by atoms with van der Waals surface area (Å²) in [4.78, 5) is 51.1. The summed E-state index contributed by atoms with van der Waals surface area (Å²) in [6, 6.07) is 36.5. The first-order chi connectivity index (χ1) is 28.6. The molecule has 58 heavy (non-hydrogen) atoms. The summed E-state index contributed by atoms with van der Waals surface area (Å²) in [7, 11) is 1.59. The topological polar surface area (TPSA) is 110 Å². The molecule has 4 aromatic carbocycles. The Bertz CT molecular complexity index is 2300. The first-order valence-corrected chi connectivity index (χ1v) is 20.8. The van der Waals surface area contributed by atoms with Crippen molar-refractivity contribution in [1.82, 2.24) is 34.6 Å². The van der Waals surface area contributed by atoms with Gasteiger partial charge < -0.3 is 24.5 Å². The first kappa shape index (κ1) is 37.7. The van der Waals surface area contributed by atoms with Crippen LogP contribution in [0.1, 0.15) is 92.0 Å². The van der Waals surface area contributed by atoms with Gasteiger partial charge in [0.25, 0.3) is 5.91 Å². The molecule has 3 aliphatic heterocycles. The second-order valence-corrected chi connectivity index (χ2v) is 15.8. The molecule has 0 bridgehead atoms. The molecule has 1 unspecified atom stereocenters. The summed E-state index contributed by atoms with van der Waals surface area (Å²) in [6.45, 7) is 3.33. The van der Waals surface area contributed by atoms with Gasteiger partial charge in [-0.3, -0.25) is 14.5 Å². The van der Waals surface area contributed by atoms with Crippen LogP contribution in [0, 0.1) is 0 Å². The summed E-state index contributed by atoms with van der Waals surface area (Å²) in [6.07, 6.45) is 10.3. The lowest BCUT2D eigenvalue weighted by Gasteiger charge is -2.37. The number of likely N-dealkylation sites (tertiary alicyclic amines) is 3. The van der Waals surface area contributed by atoms with Crippen molar-refractivity contribution >= 4 is 11.8 Å². The minimum absolute atomic E-state index is 0.0368. The number of piperidine rings is 1. The Hall–Kier alpha value is -5.84. The Kier molecular flexibility index (Phi) is 11.0. The third kappa shape index (κ3) is 7.62. The van der Waals surface area contributed by atoms with Crippen LogP contribution in [-0.2, 0) is 14.3 Å². The second-order valence-electron chi connectivity index (χ2n) is 15.8. The monoisotopic (exact) mass is 773 g/mol. The fourth-order valence-corrected chi connectivity index (χ4v) is 9.26. The number of nitrogens with one attached hydrogen (secondary N) is 2. The number of carbonyl (C=O) groups is 2. The van der Waals surface area contributed by atoms with Gasteiger partial charge >= 0.3 is 0 Å². The van der Waals surface area contributed by atoms with Crippen molar-refractivity contribution in [3.8, 4) is 33.6 Å². The van der Waals surface area contributed by atoms with Gasteiger partial charge in [0.05, 0.1) is 35.9 Å². The van der Waals surface area contributed by atoms with E-state index < -0.39 is 6.10 Å². The number of imidazole rings is 2. The molecule has 0 aliphatic carbocycles. The quantitative estimate of drug-likeness (QED) is 0.136. The van der Waals surface area contributed by atoms with Gasteiger partial charge in [-0.25, -0.2) is 9.97 Å². The summed E-state index contributed by atoms with van der Waals surface area (Å²) in [5.41, 5.74) is 8.10. The van der Waals surface area contributed by atoms with E-state index in [4.69, 9.17) is 14.7 Å². The molecule has 3 fully saturated rings. The molecule has 4 atom stereocenters. The zero-order valence-electron chi connectivity index (χ0n) is 33.1. The number of benzene rings is 4. The molecule has 9 rings (SSSR count). The lowest BCUT2D eigenvalue weighted by Crippen LogP contribution is -2.44. The van der Waals surface area contributed by atoms with Crippen LogP contribution in [-0.4, -0.2) is 79.7 Å². The van der Waals surface area contributed by atoms with E-state index in [1.54, 1.807) is 7.11 Å². The second kappa shape index (κ2) is 16.9. The van der Waals surface area contributed by atoms with E-state index in [1.165, 1.54) is 6.42 Å². The van der Waals surface area contributed by atoms with Crippen LogP contribution in [0.25, 0.3) is 33.6 Å². The van der Waals surface area contributed by atoms with E-state index in [9.17, 15) is 9.59 Å². The molecule has 3 aliphatic rings. The summed E-state index contributed by atoms with van der Waals surface area (Å²) in [5.74, 6) is 1.80. The third-order valence-electron chi connectivity index (χ3n) is 12.3. The van der Waals surface area contributed by atoms with E-state index >= 15 is 0 Å². The molecule has 2 N–H and O–H groups in total. The lowest BCUT2D eigenvalue weighted by atomic mass is 10.00. The number of aromatic amines is 2. The van der Waals surface area contributed by atoms with Crippen molar-refractivity contribution in [2.45, 2.75) is 69.2 Å². The fraction of sp³-hybridized carbons (Fsp3) is 0.333. The van der Waals surface area contributed by atoms with Crippen LogP contribution in [0.4, 0.5) is 0 Å². The SMILES string of the molecule is CO[C@@H](C(=O)N1CCC[C@H]1c1ncc(-c2ccc(-c3ccc(-c4cnc([C@@H]5CCCN5C(=O)C(c5ccccc5)N5CCCCC5)[nH]4)cc3)cc2)[nH]1)c1ccccc1. The van der Waals surface area contributed by atoms with Gasteiger partial charge in [-0.15, -0.1) is 0 Å². The summed E-state index contributed by atoms with van der Waals surface area (Å²) < 4.78 is 5.67. The third-order valence-corrected chi connectivity index (χ3v) is 12.3. The molecule has 0 radical (unpaired) electrons. The van der Waals surface area contributed by atoms with Gasteiger partial charge in [-0.1, -0.05) is 116 Å². The van der Waals surface area contributed by atoms with Gasteiger partial charge in [0.2, 0.25) is 5.91 Å². The van der Waals surface area contributed by atoms with E-state index in [1.807, 2.05) is 65.8 Å². The number of hydrogen-bond donors (Lipinski definition) is 2. The lowest BCUT2D eigenvalue weighted by molar-refractivity contribution is -0.143. The maximum absolute atomic E-state index is 14.4. The molecule has 2 amide bonds. The number of carbonyl (C=O) groups excluding carboxylic acids is 2. The highest BCUT2D eigenvalue weighted by atomic mass is 16.5. The van der Waals surface area contributed by atoms with Gasteiger partial charge in [0.15, 0.2) is 6.10 Å². The standard InChI is InChI=1S/C48H51N7O3/c1-58-44(38-15-7-3-8-16-38)48(57)55-30-12-18-42(55)46-50-32-40(52-46)36-25-21-34(22-26-36)33-19-23-35(24-20-33)39-31-49-45(51-39)41-17-11-29-54(41)47(56)43(37-13-5-2-6-14-37)53-27-9-4-10-28-53/h2-3,5-8,13-16,19-26,31-32,41-44H,4,9-12,17-18,27-30H2,1H3,(H,49,51)(H,50,52)/t41-,42-,43?,44+/m0/s1. The first-order valence-electron chi connectivity index (χ1n) is 20.8. The Balaban J connectivity index is 0.860. The Morgan fingerprint density at radius 2 is 1.03 bits per heavy atom. The molecule has 10 heteroatoms. The van der Waals surface area contributed by atoms with Crippen LogP contribution in [0.2, 0.25) is 0 Å². The predicted octanol–water partition coefficient (Wildman–Crippen LogP) is 9.08. The van der Waals surface area contributed by atoms with Crippen molar-refractivity contribution in [1.29, 1.82) is 0 Å². The van der Waals surface area contributed by atoms with Crippen LogP contribution in [0.5, 0.6) is 0 Å². The van der Waals surface area contributed by atoms with E-state index in [0.29, 0.717) is 6.54 Å². The van der Waals surface area contributed by atoms with Crippen molar-refractivity contribution in [3.05, 3.63) is 144 Å². The van der Waals surface area contributed by atoms with Gasteiger partial charge in [0.1, 0.15) is 17.7 Å². The van der Waals surface area contributed by atoms with Crippen molar-refractivity contribution < 1.29 is 14.3 Å². The minimum Gasteiger partial charge on any atom is -0.367 e. The Labute approximate surface area is 340 Å². The van der Waals surface area contributed by atoms with Crippen molar-refractivity contribution in [2.75, 3.05) is 33.3 Å². The maximum atomic E-state index is 14.4. The zero-order chi connectivity index (χ0) is 39.4. The number of nitrogens with zero attached hydrogens (tertiary/aromatic N) is 5. The van der Waals surface area contributed by atoms with Crippen LogP contribution < -0.4 is 0 Å². The number of hydrogen-bond acceptors (Lipinski definition) is 6. The number of methoxy groups -OCH3 is 1. The van der Waals surface area contributed by atoms with E-state index in [2.05, 4.69) is 80.4 Å². The normalized spacial score (nSPS) is 19.7. The number of amides is 2. The maximum Gasteiger partial charge on any atom is 0.256 e. The molecule has 6 aromatic rings. The molecular formula is C48H51N7O3. The van der Waals surface area contributed by atoms with Crippen molar-refractivity contribution in [3.63, 3.8) is 0 Å². The largest absolute Gasteiger partial charge is 0.367 e. The molecule has 296 valence electrons. The average molecular weight is 774 g/mol. The molecule has 0 spiro atoms. The van der Waals surface area contributed by atoms with Crippen molar-refractivity contribution in [2.24, 2.45) is 0 Å². The average Bonchev–Trinajstić information content (AvgIpc) is 4.13. The van der Waals surface area contributed by atoms with Crippen LogP contribution in [0.15, 0.2) is 122 Å². The summed E-state index contributed by atoms with van der Waals surface area (Å²) in [5, 5.41) is 0. The van der Waals surface area contributed by atoms with Crippen LogP contribution in [0.3, 0.4) is 0 Å². The van der Waals surface area contributed by atoms with Gasteiger partial charge in [0, 0.05) is 20.2 Å². The number of ether oxygens (including phenoxy) is 1. The highest BCUT2D eigenvalue weighted by Crippen LogP contribution is 2.38. The van der Waals surface area contributed by atoms with Crippen LogP contribution >= 0.6 is 0 Å². The predicted molar refractivity (Wildman–Crippen MR) is 225 cm³/mol. The smallest absolute Gasteiger partial charge is 0.256 e. The molecule has 5 heterocycles. The molecule has 0 saturated carbocycles. The Morgan fingerprint density at radius 3 is 1.53 bits per heavy atom. The minimum atomic E-state index is -0.641. The van der Waals surface area contributed by atoms with E-state index in [-0.39, 0.29) is 29.9 Å². The van der Waals surface area contributed by atoms with E-state index in [0.717, 1.165) is 115 Å². The highest BCUT2D eigenvalue weighted by molar-refractivity contribution is 5.84. The fourth-order valence-electron chi connectivity index (χ4n) is 9.26. The number of H-pyrrole nitrogens is 2. The number of aromatic nitrogens is 4. The van der Waals surface area contributed by atoms with Gasteiger partial charge in [-0.05, 0) is 85.0 Å². The van der Waals surface area contributed by atoms with Gasteiger partial charge in [-0.2, -0.15) is 0 Å². The number of rotatable bonds is 11. The molecule has 3 saturated heterocycles. The molecular weight excluding hydrogens is 723 g/mol. The molecule has 2 aromatic heterocycles. The highest BCUT2D eigenvalue weighted by Gasteiger charge is 2.39. The summed E-state index contributed by atoms with van der Waals surface area (Å²) >= 11 is 0.